The van der Waals surface area contributed by atoms with Crippen LogP contribution in [0.1, 0.15) is 17.3 Å². The predicted molar refractivity (Wildman–Crippen MR) is 103 cm³/mol. The fourth-order valence-corrected chi connectivity index (χ4v) is 5.30. The van der Waals surface area contributed by atoms with Crippen LogP contribution < -0.4 is 4.74 Å². The number of hydrogen-bond acceptors (Lipinski definition) is 5. The zero-order valence-corrected chi connectivity index (χ0v) is 16.3. The van der Waals surface area contributed by atoms with Gasteiger partial charge in [0.2, 0.25) is 0 Å². The Balaban J connectivity index is 1.70. The lowest BCUT2D eigenvalue weighted by Gasteiger charge is -2.39. The molecule has 1 fully saturated rings. The van der Waals surface area contributed by atoms with Crippen molar-refractivity contribution < 1.29 is 17.9 Å². The molecule has 0 bridgehead atoms. The quantitative estimate of drug-likeness (QED) is 0.708. The predicted octanol–water partition coefficient (Wildman–Crippen LogP) is 3.11. The largest absolute Gasteiger partial charge is 0.497 e. The second kappa shape index (κ2) is 7.72. The molecule has 7 heteroatoms. The fraction of sp³-hybridized carbons (Fsp3) is 0.316. The Kier molecular flexibility index (Phi) is 5.58. The Bertz CT molecular complexity index is 888. The number of amides is 1. The van der Waals surface area contributed by atoms with Crippen molar-refractivity contribution in [3.8, 4) is 5.75 Å². The third kappa shape index (κ3) is 3.59. The van der Waals surface area contributed by atoms with Gasteiger partial charge in [0.25, 0.3) is 5.91 Å². The fourth-order valence-electron chi connectivity index (χ4n) is 2.85. The summed E-state index contributed by atoms with van der Waals surface area (Å²) in [4.78, 5) is 15.5. The Morgan fingerprint density at radius 2 is 1.81 bits per heavy atom. The molecule has 1 aliphatic rings. The van der Waals surface area contributed by atoms with E-state index >= 15 is 0 Å². The van der Waals surface area contributed by atoms with E-state index in [2.05, 4.69) is 0 Å². The number of ether oxygens (including phenoxy) is 1. The van der Waals surface area contributed by atoms with Crippen LogP contribution in [0.3, 0.4) is 0 Å². The van der Waals surface area contributed by atoms with Crippen molar-refractivity contribution in [3.63, 3.8) is 0 Å². The summed E-state index contributed by atoms with van der Waals surface area (Å²) in [5.74, 6) is 1.38. The van der Waals surface area contributed by atoms with E-state index in [4.69, 9.17) is 4.74 Å². The molecular formula is C19H21NO4S2. The molecular weight excluding hydrogens is 370 g/mol. The number of likely N-dealkylation sites (tertiary alicyclic amines) is 1. The Morgan fingerprint density at radius 1 is 1.15 bits per heavy atom. The van der Waals surface area contributed by atoms with Crippen LogP contribution in [-0.4, -0.2) is 50.4 Å². The average molecular weight is 392 g/mol. The number of hydrogen-bond donors (Lipinski definition) is 0. The molecule has 0 N–H and O–H groups in total. The third-order valence-electron chi connectivity index (χ3n) is 4.38. The molecule has 1 heterocycles. The molecule has 0 spiro atoms. The first-order valence-electron chi connectivity index (χ1n) is 8.36. The maximum Gasteiger partial charge on any atom is 0.255 e. The first kappa shape index (κ1) is 18.8. The number of thioether (sulfide) groups is 1. The molecule has 0 aromatic heterocycles. The van der Waals surface area contributed by atoms with Crippen LogP contribution in [0, 0.1) is 0 Å². The summed E-state index contributed by atoms with van der Waals surface area (Å²) in [7, 11) is -1.92. The minimum Gasteiger partial charge on any atom is -0.497 e. The van der Waals surface area contributed by atoms with Crippen molar-refractivity contribution >= 4 is 27.5 Å². The molecule has 0 saturated carbocycles. The first-order chi connectivity index (χ1) is 12.5. The van der Waals surface area contributed by atoms with Gasteiger partial charge in [-0.3, -0.25) is 4.79 Å². The highest BCUT2D eigenvalue weighted by Gasteiger charge is 2.41. The molecule has 0 aliphatic carbocycles. The summed E-state index contributed by atoms with van der Waals surface area (Å²) in [5, 5.41) is -0.564. The monoisotopic (exact) mass is 391 g/mol. The van der Waals surface area contributed by atoms with Crippen molar-refractivity contribution in [1.29, 1.82) is 0 Å². The van der Waals surface area contributed by atoms with Gasteiger partial charge in [0.15, 0.2) is 9.84 Å². The highest BCUT2D eigenvalue weighted by molar-refractivity contribution is 7.99. The topological polar surface area (TPSA) is 63.7 Å². The van der Waals surface area contributed by atoms with Crippen LogP contribution in [0.5, 0.6) is 5.75 Å². The van der Waals surface area contributed by atoms with Gasteiger partial charge in [-0.1, -0.05) is 19.1 Å². The highest BCUT2D eigenvalue weighted by Crippen LogP contribution is 2.29. The second-order valence-corrected chi connectivity index (χ2v) is 9.52. The van der Waals surface area contributed by atoms with Gasteiger partial charge >= 0.3 is 0 Å². The van der Waals surface area contributed by atoms with Gasteiger partial charge in [-0.25, -0.2) is 8.42 Å². The maximum absolute atomic E-state index is 12.7. The van der Waals surface area contributed by atoms with Crippen molar-refractivity contribution in [2.75, 3.05) is 26.0 Å². The van der Waals surface area contributed by atoms with Gasteiger partial charge < -0.3 is 9.64 Å². The molecule has 1 saturated heterocycles. The lowest BCUT2D eigenvalue weighted by molar-refractivity contribution is 0.0655. The van der Waals surface area contributed by atoms with Crippen LogP contribution in [0.25, 0.3) is 0 Å². The molecule has 1 aliphatic heterocycles. The van der Waals surface area contributed by atoms with E-state index in [-0.39, 0.29) is 23.9 Å². The standard InChI is InChI=1S/C19H21NO4S2/c1-3-25-18-7-5-4-6-17(18)19(21)20-12-16(13-20)26(22,23)15-10-8-14(24-2)9-11-15/h4-11,16H,3,12-13H2,1-2H3. The SMILES string of the molecule is CCSc1ccccc1C(=O)N1CC(S(=O)(=O)c2ccc(OC)cc2)C1. The van der Waals surface area contributed by atoms with Crippen molar-refractivity contribution in [1.82, 2.24) is 4.90 Å². The molecule has 3 rings (SSSR count). The summed E-state index contributed by atoms with van der Waals surface area (Å²) in [6.45, 7) is 2.48. The summed E-state index contributed by atoms with van der Waals surface area (Å²) in [6.07, 6.45) is 0. The minimum absolute atomic E-state index is 0.109. The minimum atomic E-state index is -3.45. The van der Waals surface area contributed by atoms with E-state index in [9.17, 15) is 13.2 Å². The maximum atomic E-state index is 12.7. The number of rotatable bonds is 6. The average Bonchev–Trinajstić information content (AvgIpc) is 2.61. The zero-order chi connectivity index (χ0) is 18.7. The lowest BCUT2D eigenvalue weighted by Crippen LogP contribution is -2.56. The summed E-state index contributed by atoms with van der Waals surface area (Å²) in [5.41, 5.74) is 0.639. The van der Waals surface area contributed by atoms with Gasteiger partial charge in [-0.15, -0.1) is 11.8 Å². The van der Waals surface area contributed by atoms with E-state index < -0.39 is 15.1 Å². The molecule has 26 heavy (non-hydrogen) atoms. The van der Waals surface area contributed by atoms with Gasteiger partial charge in [-0.2, -0.15) is 0 Å². The van der Waals surface area contributed by atoms with Crippen LogP contribution in [0.15, 0.2) is 58.3 Å². The zero-order valence-electron chi connectivity index (χ0n) is 14.7. The molecule has 0 radical (unpaired) electrons. The van der Waals surface area contributed by atoms with E-state index in [0.717, 1.165) is 10.6 Å². The Hall–Kier alpha value is -1.99. The molecule has 138 valence electrons. The third-order valence-corrected chi connectivity index (χ3v) is 7.44. The van der Waals surface area contributed by atoms with E-state index in [1.807, 2.05) is 25.1 Å². The number of benzene rings is 2. The Labute approximate surface area is 158 Å². The number of nitrogens with zero attached hydrogens (tertiary/aromatic N) is 1. The number of carbonyl (C=O) groups excluding carboxylic acids is 1. The summed E-state index contributed by atoms with van der Waals surface area (Å²) >= 11 is 1.61. The van der Waals surface area contributed by atoms with E-state index in [1.165, 1.54) is 7.11 Å². The lowest BCUT2D eigenvalue weighted by atomic mass is 10.1. The molecule has 1 amide bonds. The molecule has 5 nitrogen and oxygen atoms in total. The second-order valence-electron chi connectivity index (χ2n) is 5.98. The first-order valence-corrected chi connectivity index (χ1v) is 10.9. The molecule has 2 aromatic rings. The smallest absolute Gasteiger partial charge is 0.255 e. The van der Waals surface area contributed by atoms with Crippen LogP contribution in [0.4, 0.5) is 0 Å². The summed E-state index contributed by atoms with van der Waals surface area (Å²) < 4.78 is 30.5. The van der Waals surface area contributed by atoms with Gasteiger partial charge in [0, 0.05) is 18.0 Å². The van der Waals surface area contributed by atoms with Crippen LogP contribution in [-0.2, 0) is 9.84 Å². The molecule has 0 unspecified atom stereocenters. The number of carbonyl (C=O) groups is 1. The van der Waals surface area contributed by atoms with Crippen molar-refractivity contribution in [2.45, 2.75) is 22.0 Å². The number of methoxy groups -OCH3 is 1. The summed E-state index contributed by atoms with van der Waals surface area (Å²) in [6, 6.07) is 13.8. The Morgan fingerprint density at radius 3 is 2.42 bits per heavy atom. The van der Waals surface area contributed by atoms with Crippen molar-refractivity contribution in [3.05, 3.63) is 54.1 Å². The normalized spacial score (nSPS) is 14.8. The van der Waals surface area contributed by atoms with Gasteiger partial charge in [0.05, 0.1) is 17.6 Å². The van der Waals surface area contributed by atoms with Crippen LogP contribution in [0.2, 0.25) is 0 Å². The highest BCUT2D eigenvalue weighted by atomic mass is 32.2. The van der Waals surface area contributed by atoms with E-state index in [0.29, 0.717) is 11.3 Å². The van der Waals surface area contributed by atoms with Crippen molar-refractivity contribution in [2.24, 2.45) is 0 Å². The van der Waals surface area contributed by atoms with Gasteiger partial charge in [0.1, 0.15) is 11.0 Å². The number of sulfone groups is 1. The van der Waals surface area contributed by atoms with Crippen LogP contribution >= 0.6 is 11.8 Å². The van der Waals surface area contributed by atoms with E-state index in [1.54, 1.807) is 47.0 Å². The molecule has 0 atom stereocenters. The molecule has 2 aromatic carbocycles. The van der Waals surface area contributed by atoms with Gasteiger partial charge in [-0.05, 0) is 42.2 Å².